The fourth-order valence-corrected chi connectivity index (χ4v) is 2.83. The second-order valence-electron chi connectivity index (χ2n) is 5.39. The molecule has 0 heterocycles. The van der Waals surface area contributed by atoms with Crippen LogP contribution >= 0.6 is 11.8 Å². The van der Waals surface area contributed by atoms with Gasteiger partial charge in [0.1, 0.15) is 0 Å². The van der Waals surface area contributed by atoms with Crippen molar-refractivity contribution in [3.63, 3.8) is 0 Å². The normalized spacial score (nSPS) is 11.6. The van der Waals surface area contributed by atoms with E-state index in [1.807, 2.05) is 55.6 Å². The van der Waals surface area contributed by atoms with E-state index in [-0.39, 0.29) is 18.4 Å². The Labute approximate surface area is 146 Å². The van der Waals surface area contributed by atoms with Crippen LogP contribution in [0.5, 0.6) is 0 Å². The number of carbonyl (C=O) groups excluding carboxylic acids is 2. The summed E-state index contributed by atoms with van der Waals surface area (Å²) in [4.78, 5) is 24.8. The van der Waals surface area contributed by atoms with E-state index in [1.54, 1.807) is 12.1 Å². The minimum absolute atomic E-state index is 0.197. The zero-order valence-corrected chi connectivity index (χ0v) is 14.6. The summed E-state index contributed by atoms with van der Waals surface area (Å²) in [6, 6.07) is 17.1. The molecule has 0 unspecified atom stereocenters. The van der Waals surface area contributed by atoms with Crippen molar-refractivity contribution in [1.82, 2.24) is 5.32 Å². The summed E-state index contributed by atoms with van der Waals surface area (Å²) in [6.07, 6.45) is 1.89. The third kappa shape index (κ3) is 5.13. The molecule has 0 saturated carbocycles. The van der Waals surface area contributed by atoms with Crippen molar-refractivity contribution in [1.29, 1.82) is 0 Å². The zero-order chi connectivity index (χ0) is 17.4. The molecule has 0 fully saturated rings. The summed E-state index contributed by atoms with van der Waals surface area (Å²) < 4.78 is 5.11. The van der Waals surface area contributed by atoms with Gasteiger partial charge < -0.3 is 10.1 Å². The number of thioether (sulfide) groups is 1. The number of benzene rings is 2. The Balaban J connectivity index is 1.80. The van der Waals surface area contributed by atoms with Crippen LogP contribution in [0.1, 0.15) is 28.8 Å². The second kappa shape index (κ2) is 9.13. The zero-order valence-electron chi connectivity index (χ0n) is 13.8. The number of hydrogen-bond acceptors (Lipinski definition) is 4. The summed E-state index contributed by atoms with van der Waals surface area (Å²) in [5.41, 5.74) is 1.64. The quantitative estimate of drug-likeness (QED) is 0.618. The Hall–Kier alpha value is -2.27. The number of esters is 1. The molecule has 0 bridgehead atoms. The summed E-state index contributed by atoms with van der Waals surface area (Å²) in [5.74, 6) is -0.581. The maximum atomic E-state index is 12.1. The monoisotopic (exact) mass is 343 g/mol. The fourth-order valence-electron chi connectivity index (χ4n) is 2.24. The highest BCUT2D eigenvalue weighted by Gasteiger charge is 2.14. The minimum Gasteiger partial charge on any atom is -0.452 e. The van der Waals surface area contributed by atoms with Gasteiger partial charge in [-0.25, -0.2) is 4.79 Å². The van der Waals surface area contributed by atoms with Crippen LogP contribution in [0.25, 0.3) is 0 Å². The Morgan fingerprint density at radius 2 is 1.75 bits per heavy atom. The molecule has 0 spiro atoms. The van der Waals surface area contributed by atoms with E-state index in [0.29, 0.717) is 12.1 Å². The number of hydrogen-bond donors (Lipinski definition) is 1. The van der Waals surface area contributed by atoms with Crippen LogP contribution in [-0.2, 0) is 9.53 Å². The first kappa shape index (κ1) is 18.1. The van der Waals surface area contributed by atoms with Crippen LogP contribution in [0.3, 0.4) is 0 Å². The molecule has 2 aromatic carbocycles. The van der Waals surface area contributed by atoms with Crippen LogP contribution in [-0.4, -0.2) is 31.3 Å². The SMILES string of the molecule is CSc1ccccc1C(=O)OCC(=O)NC[C@H](C)c1ccccc1. The maximum absolute atomic E-state index is 12.1. The van der Waals surface area contributed by atoms with Crippen LogP contribution in [0.15, 0.2) is 59.5 Å². The molecule has 1 amide bonds. The maximum Gasteiger partial charge on any atom is 0.339 e. The van der Waals surface area contributed by atoms with Crippen molar-refractivity contribution in [2.45, 2.75) is 17.7 Å². The molecular formula is C19H21NO3S. The van der Waals surface area contributed by atoms with Gasteiger partial charge in [0.05, 0.1) is 5.56 Å². The summed E-state index contributed by atoms with van der Waals surface area (Å²) in [6.45, 7) is 2.27. The number of amides is 1. The Bertz CT molecular complexity index is 688. The first-order valence-electron chi connectivity index (χ1n) is 7.73. The van der Waals surface area contributed by atoms with Gasteiger partial charge >= 0.3 is 5.97 Å². The Morgan fingerprint density at radius 1 is 1.08 bits per heavy atom. The standard InChI is InChI=1S/C19H21NO3S/c1-14(15-8-4-3-5-9-15)12-20-18(21)13-23-19(22)16-10-6-7-11-17(16)24-2/h3-11,14H,12-13H2,1-2H3,(H,20,21)/t14-/m0/s1. The summed E-state index contributed by atoms with van der Waals surface area (Å²) in [5, 5.41) is 2.79. The molecule has 126 valence electrons. The molecule has 2 rings (SSSR count). The van der Waals surface area contributed by atoms with Gasteiger partial charge in [-0.2, -0.15) is 0 Å². The third-order valence-corrected chi connectivity index (χ3v) is 4.43. The molecule has 0 aliphatic rings. The Kier molecular flexibility index (Phi) is 6.88. The fraction of sp³-hybridized carbons (Fsp3) is 0.263. The largest absolute Gasteiger partial charge is 0.452 e. The molecule has 24 heavy (non-hydrogen) atoms. The van der Waals surface area contributed by atoms with Crippen molar-refractivity contribution in [3.8, 4) is 0 Å². The molecule has 4 nitrogen and oxygen atoms in total. The lowest BCUT2D eigenvalue weighted by Crippen LogP contribution is -2.31. The minimum atomic E-state index is -0.480. The van der Waals surface area contributed by atoms with Crippen molar-refractivity contribution in [2.24, 2.45) is 0 Å². The molecule has 1 atom stereocenters. The summed E-state index contributed by atoms with van der Waals surface area (Å²) >= 11 is 1.47. The topological polar surface area (TPSA) is 55.4 Å². The number of ether oxygens (including phenoxy) is 1. The van der Waals surface area contributed by atoms with Crippen molar-refractivity contribution < 1.29 is 14.3 Å². The van der Waals surface area contributed by atoms with E-state index >= 15 is 0 Å². The molecular weight excluding hydrogens is 322 g/mol. The van der Waals surface area contributed by atoms with Gasteiger partial charge in [-0.05, 0) is 29.9 Å². The van der Waals surface area contributed by atoms with E-state index in [0.717, 1.165) is 10.5 Å². The van der Waals surface area contributed by atoms with Crippen LogP contribution in [0.4, 0.5) is 0 Å². The first-order chi connectivity index (χ1) is 11.6. The van der Waals surface area contributed by atoms with Gasteiger partial charge in [0, 0.05) is 11.4 Å². The molecule has 0 aromatic heterocycles. The second-order valence-corrected chi connectivity index (χ2v) is 6.24. The molecule has 0 radical (unpaired) electrons. The molecule has 0 saturated heterocycles. The van der Waals surface area contributed by atoms with Crippen LogP contribution < -0.4 is 5.32 Å². The van der Waals surface area contributed by atoms with E-state index < -0.39 is 5.97 Å². The lowest BCUT2D eigenvalue weighted by molar-refractivity contribution is -0.124. The molecule has 0 aliphatic heterocycles. The highest BCUT2D eigenvalue weighted by Crippen LogP contribution is 2.20. The van der Waals surface area contributed by atoms with Crippen LogP contribution in [0, 0.1) is 0 Å². The van der Waals surface area contributed by atoms with Gasteiger partial charge in [0.2, 0.25) is 0 Å². The van der Waals surface area contributed by atoms with Gasteiger partial charge in [-0.3, -0.25) is 4.79 Å². The predicted molar refractivity (Wildman–Crippen MR) is 96.4 cm³/mol. The number of nitrogens with one attached hydrogen (secondary N) is 1. The predicted octanol–water partition coefficient (Wildman–Crippen LogP) is 3.49. The smallest absolute Gasteiger partial charge is 0.339 e. The van der Waals surface area contributed by atoms with Gasteiger partial charge in [0.15, 0.2) is 6.61 Å². The average molecular weight is 343 g/mol. The molecule has 0 aliphatic carbocycles. The first-order valence-corrected chi connectivity index (χ1v) is 8.96. The third-order valence-electron chi connectivity index (χ3n) is 3.64. The highest BCUT2D eigenvalue weighted by atomic mass is 32.2. The van der Waals surface area contributed by atoms with E-state index in [9.17, 15) is 9.59 Å². The van der Waals surface area contributed by atoms with E-state index in [2.05, 4.69) is 5.32 Å². The van der Waals surface area contributed by atoms with Crippen molar-refractivity contribution >= 4 is 23.6 Å². The van der Waals surface area contributed by atoms with Crippen LogP contribution in [0.2, 0.25) is 0 Å². The summed E-state index contributed by atoms with van der Waals surface area (Å²) in [7, 11) is 0. The number of rotatable bonds is 7. The molecule has 5 heteroatoms. The number of carbonyl (C=O) groups is 2. The highest BCUT2D eigenvalue weighted by molar-refractivity contribution is 7.98. The Morgan fingerprint density at radius 3 is 2.46 bits per heavy atom. The van der Waals surface area contributed by atoms with Gasteiger partial charge in [-0.1, -0.05) is 49.4 Å². The van der Waals surface area contributed by atoms with Crippen molar-refractivity contribution in [3.05, 3.63) is 65.7 Å². The lowest BCUT2D eigenvalue weighted by Gasteiger charge is -2.13. The van der Waals surface area contributed by atoms with E-state index in [4.69, 9.17) is 4.74 Å². The lowest BCUT2D eigenvalue weighted by atomic mass is 10.0. The van der Waals surface area contributed by atoms with Crippen molar-refractivity contribution in [2.75, 3.05) is 19.4 Å². The van der Waals surface area contributed by atoms with E-state index in [1.165, 1.54) is 11.8 Å². The van der Waals surface area contributed by atoms with Gasteiger partial charge in [-0.15, -0.1) is 11.8 Å². The van der Waals surface area contributed by atoms with Gasteiger partial charge in [0.25, 0.3) is 5.91 Å². The molecule has 1 N–H and O–H groups in total. The molecule has 2 aromatic rings. The average Bonchev–Trinajstić information content (AvgIpc) is 2.64.